The lowest BCUT2D eigenvalue weighted by atomic mass is 10.7. The quantitative estimate of drug-likeness (QED) is 0.393. The molecule has 6 amide bonds. The Hall–Kier alpha value is -1.42. The van der Waals surface area contributed by atoms with Crippen molar-refractivity contribution >= 4 is 45.5 Å². The van der Waals surface area contributed by atoms with Crippen LogP contribution in [0.5, 0.6) is 0 Å². The van der Waals surface area contributed by atoms with Crippen LogP contribution < -0.4 is 21.3 Å². The van der Waals surface area contributed by atoms with Gasteiger partial charge in [0.05, 0.1) is 11.5 Å². The molecule has 0 saturated carbocycles. The predicted molar refractivity (Wildman–Crippen MR) is 70.1 cm³/mol. The summed E-state index contributed by atoms with van der Waals surface area (Å²) in [7, 11) is 5.01. The Labute approximate surface area is 112 Å². The molecule has 0 radical (unpaired) electrons. The molecule has 0 unspecified atom stereocenters. The number of rotatable bonds is 5. The minimum absolute atomic E-state index is 0.0331. The summed E-state index contributed by atoms with van der Waals surface area (Å²) >= 11 is 0. The van der Waals surface area contributed by atoms with Crippen LogP contribution >= 0.6 is 21.6 Å². The summed E-state index contributed by atoms with van der Waals surface area (Å²) in [5.74, 6) is -0.853. The van der Waals surface area contributed by atoms with E-state index in [1.54, 1.807) is 0 Å². The molecule has 0 aliphatic carbocycles. The number of carbonyl (C=O) groups is 4. The molecule has 0 saturated heterocycles. The third-order valence-electron chi connectivity index (χ3n) is 1.42. The molecule has 0 aromatic carbocycles. The number of hydrogen-bond donors (Lipinski definition) is 4. The van der Waals surface area contributed by atoms with E-state index in [0.29, 0.717) is 0 Å². The average molecular weight is 294 g/mol. The van der Waals surface area contributed by atoms with Gasteiger partial charge in [0.1, 0.15) is 0 Å². The zero-order valence-electron chi connectivity index (χ0n) is 9.86. The minimum atomic E-state index is -0.581. The van der Waals surface area contributed by atoms with Gasteiger partial charge in [0, 0.05) is 14.1 Å². The van der Waals surface area contributed by atoms with Gasteiger partial charge in [0.25, 0.3) is 0 Å². The van der Waals surface area contributed by atoms with Crippen molar-refractivity contribution in [3.05, 3.63) is 0 Å². The molecular weight excluding hydrogens is 280 g/mol. The first-order valence-corrected chi connectivity index (χ1v) is 7.26. The number of hydrogen-bond acceptors (Lipinski definition) is 6. The molecule has 0 aliphatic heterocycles. The molecule has 0 aromatic rings. The van der Waals surface area contributed by atoms with Crippen LogP contribution in [0.4, 0.5) is 9.59 Å². The van der Waals surface area contributed by atoms with Crippen molar-refractivity contribution in [3.8, 4) is 0 Å². The lowest BCUT2D eigenvalue weighted by Crippen LogP contribution is -2.38. The molecule has 0 fully saturated rings. The highest BCUT2D eigenvalue weighted by Crippen LogP contribution is 2.19. The summed E-state index contributed by atoms with van der Waals surface area (Å²) in [5.41, 5.74) is 0. The SMILES string of the molecule is CNC(=O)NC(=O)CSSCC(=O)NC(=O)NC. The van der Waals surface area contributed by atoms with Crippen molar-refractivity contribution in [1.29, 1.82) is 0 Å². The van der Waals surface area contributed by atoms with Crippen molar-refractivity contribution in [1.82, 2.24) is 21.3 Å². The van der Waals surface area contributed by atoms with Gasteiger partial charge in [-0.1, -0.05) is 21.6 Å². The standard InChI is InChI=1S/C8H14N4O4S2/c1-9-7(15)11-5(13)3-17-18-4-6(14)12-8(16)10-2/h3-4H2,1-2H3,(H2,9,11,13,15)(H2,10,12,14,16). The third-order valence-corrected chi connectivity index (χ3v) is 3.56. The Balaban J connectivity index is 3.61. The van der Waals surface area contributed by atoms with Gasteiger partial charge in [-0.25, -0.2) is 9.59 Å². The molecule has 10 heteroatoms. The highest BCUT2D eigenvalue weighted by Gasteiger charge is 2.08. The van der Waals surface area contributed by atoms with Crippen LogP contribution in [-0.2, 0) is 9.59 Å². The van der Waals surface area contributed by atoms with E-state index in [1.807, 2.05) is 0 Å². The van der Waals surface area contributed by atoms with Gasteiger partial charge in [0.15, 0.2) is 0 Å². The summed E-state index contributed by atoms with van der Waals surface area (Å²) in [5, 5.41) is 8.62. The Morgan fingerprint density at radius 2 is 1.11 bits per heavy atom. The Kier molecular flexibility index (Phi) is 8.84. The van der Waals surface area contributed by atoms with Gasteiger partial charge in [-0.05, 0) is 0 Å². The fourth-order valence-electron chi connectivity index (χ4n) is 0.641. The van der Waals surface area contributed by atoms with Crippen molar-refractivity contribution in [2.45, 2.75) is 0 Å². The van der Waals surface area contributed by atoms with E-state index in [0.717, 1.165) is 21.6 Å². The summed E-state index contributed by atoms with van der Waals surface area (Å²) < 4.78 is 0. The van der Waals surface area contributed by atoms with Crippen LogP contribution in [0.1, 0.15) is 0 Å². The van der Waals surface area contributed by atoms with Gasteiger partial charge in [-0.3, -0.25) is 20.2 Å². The van der Waals surface area contributed by atoms with Crippen LogP contribution in [0.15, 0.2) is 0 Å². The third kappa shape index (κ3) is 8.70. The number of urea groups is 2. The molecule has 0 heterocycles. The summed E-state index contributed by atoms with van der Waals surface area (Å²) in [4.78, 5) is 43.7. The van der Waals surface area contributed by atoms with E-state index < -0.39 is 23.9 Å². The van der Waals surface area contributed by atoms with Crippen molar-refractivity contribution in [2.24, 2.45) is 0 Å². The first kappa shape index (κ1) is 16.6. The van der Waals surface area contributed by atoms with Gasteiger partial charge >= 0.3 is 12.1 Å². The first-order chi connectivity index (χ1) is 8.49. The smallest absolute Gasteiger partial charge is 0.321 e. The van der Waals surface area contributed by atoms with Crippen LogP contribution in [0, 0.1) is 0 Å². The highest BCUT2D eigenvalue weighted by atomic mass is 33.1. The van der Waals surface area contributed by atoms with E-state index >= 15 is 0 Å². The minimum Gasteiger partial charge on any atom is -0.341 e. The maximum atomic E-state index is 11.1. The Bertz CT molecular complexity index is 305. The molecule has 0 bridgehead atoms. The zero-order chi connectivity index (χ0) is 14.0. The van der Waals surface area contributed by atoms with Gasteiger partial charge in [0.2, 0.25) is 11.8 Å². The molecule has 0 spiro atoms. The van der Waals surface area contributed by atoms with Crippen molar-refractivity contribution in [3.63, 3.8) is 0 Å². The number of carbonyl (C=O) groups excluding carboxylic acids is 4. The van der Waals surface area contributed by atoms with E-state index in [4.69, 9.17) is 0 Å². The summed E-state index contributed by atoms with van der Waals surface area (Å²) in [6.45, 7) is 0. The summed E-state index contributed by atoms with van der Waals surface area (Å²) in [6.07, 6.45) is 0. The molecule has 102 valence electrons. The topological polar surface area (TPSA) is 116 Å². The van der Waals surface area contributed by atoms with Crippen LogP contribution in [-0.4, -0.2) is 49.5 Å². The lowest BCUT2D eigenvalue weighted by Gasteiger charge is -2.03. The second-order valence-electron chi connectivity index (χ2n) is 2.78. The average Bonchev–Trinajstić information content (AvgIpc) is 2.34. The van der Waals surface area contributed by atoms with Gasteiger partial charge in [-0.2, -0.15) is 0 Å². The first-order valence-electron chi connectivity index (χ1n) is 4.77. The van der Waals surface area contributed by atoms with Crippen molar-refractivity contribution < 1.29 is 19.2 Å². The Morgan fingerprint density at radius 1 is 0.778 bits per heavy atom. The molecule has 0 aliphatic rings. The molecule has 4 N–H and O–H groups in total. The predicted octanol–water partition coefficient (Wildman–Crippen LogP) is -0.721. The normalized spacial score (nSPS) is 9.22. The zero-order valence-corrected chi connectivity index (χ0v) is 11.5. The summed E-state index contributed by atoms with van der Waals surface area (Å²) in [6, 6.07) is -1.16. The maximum Gasteiger partial charge on any atom is 0.321 e. The second-order valence-corrected chi connectivity index (χ2v) is 5.24. The maximum absolute atomic E-state index is 11.1. The Morgan fingerprint density at radius 3 is 1.39 bits per heavy atom. The van der Waals surface area contributed by atoms with E-state index in [2.05, 4.69) is 21.3 Å². The van der Waals surface area contributed by atoms with Crippen molar-refractivity contribution in [2.75, 3.05) is 25.6 Å². The van der Waals surface area contributed by atoms with Crippen LogP contribution in [0.25, 0.3) is 0 Å². The monoisotopic (exact) mass is 294 g/mol. The van der Waals surface area contributed by atoms with E-state index in [9.17, 15) is 19.2 Å². The van der Waals surface area contributed by atoms with Gasteiger partial charge < -0.3 is 10.6 Å². The van der Waals surface area contributed by atoms with Crippen LogP contribution in [0.2, 0.25) is 0 Å². The fourth-order valence-corrected chi connectivity index (χ4v) is 2.31. The van der Waals surface area contributed by atoms with Crippen LogP contribution in [0.3, 0.4) is 0 Å². The largest absolute Gasteiger partial charge is 0.341 e. The molecule has 0 aromatic heterocycles. The molecule has 8 nitrogen and oxygen atoms in total. The number of nitrogens with one attached hydrogen (secondary N) is 4. The van der Waals surface area contributed by atoms with E-state index in [1.165, 1.54) is 14.1 Å². The molecule has 0 rings (SSSR count). The highest BCUT2D eigenvalue weighted by molar-refractivity contribution is 8.77. The number of amides is 6. The lowest BCUT2D eigenvalue weighted by molar-refractivity contribution is -0.118. The number of imide groups is 2. The second kappa shape index (κ2) is 9.59. The van der Waals surface area contributed by atoms with Gasteiger partial charge in [-0.15, -0.1) is 0 Å². The molecular formula is C8H14N4O4S2. The fraction of sp³-hybridized carbons (Fsp3) is 0.500. The van der Waals surface area contributed by atoms with E-state index in [-0.39, 0.29) is 11.5 Å². The molecule has 0 atom stereocenters. The molecule has 18 heavy (non-hydrogen) atoms.